The molecule has 2 heterocycles. The zero-order valence-corrected chi connectivity index (χ0v) is 9.55. The Labute approximate surface area is 95.5 Å². The average Bonchev–Trinajstić information content (AvgIpc) is 2.59. The van der Waals surface area contributed by atoms with Crippen LogP contribution in [0, 0.1) is 0 Å². The summed E-state index contributed by atoms with van der Waals surface area (Å²) in [5, 5.41) is 2.95. The molecule has 0 spiro atoms. The zero-order valence-electron chi connectivity index (χ0n) is 7.92. The van der Waals surface area contributed by atoms with E-state index in [4.69, 9.17) is 9.69 Å². The number of hydrogen-bond acceptors (Lipinski definition) is 8. The summed E-state index contributed by atoms with van der Waals surface area (Å²) in [4.78, 5) is 13.8. The van der Waals surface area contributed by atoms with Gasteiger partial charge < -0.3 is 0 Å². The van der Waals surface area contributed by atoms with Gasteiger partial charge in [-0.25, -0.2) is 23.5 Å². The van der Waals surface area contributed by atoms with Crippen LogP contribution >= 0.6 is 0 Å². The number of primary sulfonamides is 1. The summed E-state index contributed by atoms with van der Waals surface area (Å²) in [5.41, 5.74) is 0. The first-order chi connectivity index (χ1) is 7.69. The van der Waals surface area contributed by atoms with Gasteiger partial charge in [0.1, 0.15) is 6.34 Å². The van der Waals surface area contributed by atoms with Crippen LogP contribution in [0.1, 0.15) is 0 Å². The third kappa shape index (κ3) is 2.14. The molecule has 12 heteroatoms. The third-order valence-electron chi connectivity index (χ3n) is 1.82. The maximum atomic E-state index is 11.0. The van der Waals surface area contributed by atoms with E-state index in [2.05, 4.69) is 20.0 Å². The highest BCUT2D eigenvalue weighted by Crippen LogP contribution is 2.15. The van der Waals surface area contributed by atoms with Crippen molar-refractivity contribution in [2.24, 2.45) is 25.1 Å². The molecule has 3 N–H and O–H groups in total. The van der Waals surface area contributed by atoms with E-state index in [-0.39, 0.29) is 5.84 Å². The Bertz CT molecular complexity index is 697. The molecule has 0 radical (unpaired) electrons. The average molecular weight is 279 g/mol. The number of amidine groups is 2. The van der Waals surface area contributed by atoms with Crippen LogP contribution < -0.4 is 5.14 Å². The van der Waals surface area contributed by atoms with Crippen LogP contribution in [0.5, 0.6) is 0 Å². The molecule has 2 aliphatic rings. The predicted octanol–water partition coefficient (Wildman–Crippen LogP) is -2.26. The van der Waals surface area contributed by atoms with E-state index in [1.807, 2.05) is 0 Å². The van der Waals surface area contributed by atoms with E-state index in [9.17, 15) is 16.8 Å². The van der Waals surface area contributed by atoms with Crippen LogP contribution in [-0.2, 0) is 20.1 Å². The van der Waals surface area contributed by atoms with E-state index >= 15 is 0 Å². The fourth-order valence-electron chi connectivity index (χ4n) is 1.17. The van der Waals surface area contributed by atoms with Gasteiger partial charge in [-0.3, -0.25) is 9.55 Å². The molecule has 2 rings (SSSR count). The van der Waals surface area contributed by atoms with Gasteiger partial charge in [0, 0.05) is 0 Å². The molecule has 0 aromatic carbocycles. The highest BCUT2D eigenvalue weighted by atomic mass is 32.2. The zero-order chi connectivity index (χ0) is 12.8. The fraction of sp³-hybridized carbons (Fsp3) is 0.200. The van der Waals surface area contributed by atoms with Crippen LogP contribution in [0.3, 0.4) is 0 Å². The van der Waals surface area contributed by atoms with Gasteiger partial charge in [-0.15, -0.1) is 0 Å². The summed E-state index contributed by atoms with van der Waals surface area (Å²) in [6.45, 7) is 0. The summed E-state index contributed by atoms with van der Waals surface area (Å²) in [6, 6.07) is -1.23. The van der Waals surface area contributed by atoms with Crippen molar-refractivity contribution in [1.82, 2.24) is 0 Å². The second kappa shape index (κ2) is 3.49. The van der Waals surface area contributed by atoms with Gasteiger partial charge in [0.15, 0.2) is 16.9 Å². The van der Waals surface area contributed by atoms with Crippen LogP contribution in [0.15, 0.2) is 20.0 Å². The maximum Gasteiger partial charge on any atom is 0.310 e. The number of nitrogens with zero attached hydrogens (tertiary/aromatic N) is 4. The van der Waals surface area contributed by atoms with Crippen molar-refractivity contribution in [2.45, 2.75) is 6.04 Å². The molecule has 0 amide bonds. The maximum absolute atomic E-state index is 11.0. The molecule has 0 aromatic heterocycles. The minimum atomic E-state index is -4.72. The minimum absolute atomic E-state index is 0.211. The molecule has 1 atom stereocenters. The van der Waals surface area contributed by atoms with Crippen LogP contribution in [0.25, 0.3) is 0 Å². The van der Waals surface area contributed by atoms with Crippen molar-refractivity contribution in [3.8, 4) is 0 Å². The van der Waals surface area contributed by atoms with Crippen molar-refractivity contribution in [2.75, 3.05) is 0 Å². The third-order valence-corrected chi connectivity index (χ3v) is 3.35. The Kier molecular flexibility index (Phi) is 2.46. The van der Waals surface area contributed by atoms with Gasteiger partial charge in [0.25, 0.3) is 15.2 Å². The van der Waals surface area contributed by atoms with Crippen molar-refractivity contribution in [1.29, 1.82) is 0 Å². The molecule has 0 bridgehead atoms. The van der Waals surface area contributed by atoms with Crippen LogP contribution in [0.4, 0.5) is 0 Å². The summed E-state index contributed by atoms with van der Waals surface area (Å²) in [7, 11) is -9.03. The van der Waals surface area contributed by atoms with Crippen LogP contribution in [-0.4, -0.2) is 49.8 Å². The van der Waals surface area contributed by atoms with E-state index in [1.54, 1.807) is 0 Å². The number of sulfonamides is 1. The lowest BCUT2D eigenvalue weighted by atomic mass is 10.3. The summed E-state index contributed by atoms with van der Waals surface area (Å²) in [5.74, 6) is -0.211. The minimum Gasteiger partial charge on any atom is -0.281 e. The molecule has 0 saturated heterocycles. The number of rotatable bonds is 0. The summed E-state index contributed by atoms with van der Waals surface area (Å²) < 4.78 is 52.9. The summed E-state index contributed by atoms with van der Waals surface area (Å²) >= 11 is 0. The number of aliphatic imine (C=N–C) groups is 4. The Balaban J connectivity index is 2.66. The lowest BCUT2D eigenvalue weighted by Crippen LogP contribution is -2.38. The first kappa shape index (κ1) is 12.0. The van der Waals surface area contributed by atoms with Gasteiger partial charge in [0.2, 0.25) is 0 Å². The Hall–Kier alpha value is -1.50. The molecular formula is C5H5N5O5S2. The highest BCUT2D eigenvalue weighted by molar-refractivity contribution is 8.05. The van der Waals surface area contributed by atoms with Crippen molar-refractivity contribution >= 4 is 42.5 Å². The molecule has 1 unspecified atom stereocenters. The monoisotopic (exact) mass is 279 g/mol. The van der Waals surface area contributed by atoms with E-state index < -0.39 is 36.4 Å². The second-order valence-corrected chi connectivity index (χ2v) is 5.84. The Morgan fingerprint density at radius 3 is 2.41 bits per heavy atom. The van der Waals surface area contributed by atoms with Crippen molar-refractivity contribution < 1.29 is 21.4 Å². The van der Waals surface area contributed by atoms with Gasteiger partial charge >= 0.3 is 10.1 Å². The SMILES string of the molecule is NS(=O)(=O)C1=NC2=NC=NC2C(S(=O)(=O)O)=N1. The van der Waals surface area contributed by atoms with Gasteiger partial charge in [-0.1, -0.05) is 0 Å². The van der Waals surface area contributed by atoms with Crippen molar-refractivity contribution in [3.05, 3.63) is 0 Å². The number of nitrogens with two attached hydrogens (primary N) is 1. The molecule has 92 valence electrons. The van der Waals surface area contributed by atoms with Crippen LogP contribution in [0.2, 0.25) is 0 Å². The molecular weight excluding hydrogens is 274 g/mol. The number of fused-ring (bicyclic) bond motifs is 1. The summed E-state index contributed by atoms with van der Waals surface area (Å²) in [6.07, 6.45) is 0.982. The van der Waals surface area contributed by atoms with Gasteiger partial charge in [-0.2, -0.15) is 13.4 Å². The predicted molar refractivity (Wildman–Crippen MR) is 59.2 cm³/mol. The quantitative estimate of drug-likeness (QED) is 0.477. The molecule has 17 heavy (non-hydrogen) atoms. The molecule has 0 aromatic rings. The highest BCUT2D eigenvalue weighted by Gasteiger charge is 2.38. The first-order valence-corrected chi connectivity index (χ1v) is 6.95. The largest absolute Gasteiger partial charge is 0.310 e. The Morgan fingerprint density at radius 2 is 1.88 bits per heavy atom. The van der Waals surface area contributed by atoms with E-state index in [0.717, 1.165) is 6.34 Å². The Morgan fingerprint density at radius 1 is 1.24 bits per heavy atom. The molecule has 10 nitrogen and oxygen atoms in total. The van der Waals surface area contributed by atoms with E-state index in [0.29, 0.717) is 0 Å². The fourth-order valence-corrected chi connectivity index (χ4v) is 2.32. The lowest BCUT2D eigenvalue weighted by molar-refractivity contribution is 0.497. The topological polar surface area (TPSA) is 164 Å². The molecule has 0 fully saturated rings. The smallest absolute Gasteiger partial charge is 0.281 e. The number of hydrogen-bond donors (Lipinski definition) is 2. The standard InChI is InChI=1S/C5H5N5O5S2/c6-16(11,12)5-9-3-2(7-1-8-3)4(10-5)17(13,14)15/h1-2H,(H2,6,11,12)(H,13,14,15). The van der Waals surface area contributed by atoms with E-state index in [1.165, 1.54) is 0 Å². The van der Waals surface area contributed by atoms with Gasteiger partial charge in [0.05, 0.1) is 0 Å². The van der Waals surface area contributed by atoms with Gasteiger partial charge in [-0.05, 0) is 0 Å². The second-order valence-electron chi connectivity index (χ2n) is 3.02. The molecule has 0 saturated carbocycles. The molecule has 2 aliphatic heterocycles. The molecule has 0 aliphatic carbocycles. The lowest BCUT2D eigenvalue weighted by Gasteiger charge is -2.13. The first-order valence-electron chi connectivity index (χ1n) is 3.96. The van der Waals surface area contributed by atoms with Crippen molar-refractivity contribution in [3.63, 3.8) is 0 Å². The normalized spacial score (nSPS) is 23.9.